The lowest BCUT2D eigenvalue weighted by atomic mass is 10.1. The SMILES string of the molecule is COC(=O)c1c(C)csc1N1CC(CSC(C)=O)CC1=O. The van der Waals surface area contributed by atoms with Crippen LogP contribution < -0.4 is 4.90 Å². The van der Waals surface area contributed by atoms with Crippen LogP contribution in [-0.4, -0.2) is 36.4 Å². The van der Waals surface area contributed by atoms with E-state index >= 15 is 0 Å². The molecule has 1 atom stereocenters. The molecule has 1 fully saturated rings. The number of nitrogens with zero attached hydrogens (tertiary/aromatic N) is 1. The molecule has 7 heteroatoms. The number of amides is 1. The van der Waals surface area contributed by atoms with Gasteiger partial charge in [-0.2, -0.15) is 0 Å². The largest absolute Gasteiger partial charge is 0.465 e. The quantitative estimate of drug-likeness (QED) is 0.795. The van der Waals surface area contributed by atoms with Crippen LogP contribution >= 0.6 is 23.1 Å². The summed E-state index contributed by atoms with van der Waals surface area (Å²) in [5, 5.41) is 2.56. The summed E-state index contributed by atoms with van der Waals surface area (Å²) in [7, 11) is 1.33. The normalized spacial score (nSPS) is 18.1. The van der Waals surface area contributed by atoms with Crippen LogP contribution in [0.25, 0.3) is 0 Å². The molecular weight excluding hydrogens is 310 g/mol. The Labute approximate surface area is 131 Å². The Hall–Kier alpha value is -1.34. The first-order valence-electron chi connectivity index (χ1n) is 6.54. The van der Waals surface area contributed by atoms with Crippen LogP contribution in [-0.2, 0) is 14.3 Å². The first-order valence-corrected chi connectivity index (χ1v) is 8.40. The highest BCUT2D eigenvalue weighted by molar-refractivity contribution is 8.13. The number of esters is 1. The Bertz CT molecular complexity index is 582. The summed E-state index contributed by atoms with van der Waals surface area (Å²) < 4.78 is 4.80. The van der Waals surface area contributed by atoms with Crippen LogP contribution in [0, 0.1) is 12.8 Å². The molecule has 0 aliphatic carbocycles. The van der Waals surface area contributed by atoms with Crippen molar-refractivity contribution < 1.29 is 19.1 Å². The van der Waals surface area contributed by atoms with Gasteiger partial charge in [-0.05, 0) is 23.8 Å². The molecule has 0 saturated carbocycles. The molecule has 0 N–H and O–H groups in total. The minimum absolute atomic E-state index is 0.00356. The summed E-state index contributed by atoms with van der Waals surface area (Å²) in [4.78, 5) is 36.7. The summed E-state index contributed by atoms with van der Waals surface area (Å²) in [6.07, 6.45) is 0.415. The van der Waals surface area contributed by atoms with Crippen molar-refractivity contribution in [3.05, 3.63) is 16.5 Å². The third-order valence-electron chi connectivity index (χ3n) is 3.32. The lowest BCUT2D eigenvalue weighted by Gasteiger charge is -2.16. The zero-order valence-electron chi connectivity index (χ0n) is 12.2. The van der Waals surface area contributed by atoms with Crippen molar-refractivity contribution in [3.63, 3.8) is 0 Å². The van der Waals surface area contributed by atoms with Crippen molar-refractivity contribution in [2.45, 2.75) is 20.3 Å². The number of thiophene rings is 1. The van der Waals surface area contributed by atoms with Gasteiger partial charge >= 0.3 is 5.97 Å². The molecule has 2 rings (SSSR count). The van der Waals surface area contributed by atoms with Gasteiger partial charge in [0.15, 0.2) is 5.12 Å². The number of thioether (sulfide) groups is 1. The molecule has 1 aromatic heterocycles. The maximum Gasteiger partial charge on any atom is 0.341 e. The molecule has 0 bridgehead atoms. The van der Waals surface area contributed by atoms with E-state index < -0.39 is 5.97 Å². The van der Waals surface area contributed by atoms with Crippen LogP contribution in [0.15, 0.2) is 5.38 Å². The van der Waals surface area contributed by atoms with Gasteiger partial charge in [0.05, 0.1) is 12.7 Å². The molecule has 0 radical (unpaired) electrons. The summed E-state index contributed by atoms with van der Waals surface area (Å²) in [6, 6.07) is 0. The second-order valence-electron chi connectivity index (χ2n) is 4.97. The Morgan fingerprint density at radius 1 is 1.52 bits per heavy atom. The highest BCUT2D eigenvalue weighted by atomic mass is 32.2. The molecule has 1 unspecified atom stereocenters. The van der Waals surface area contributed by atoms with Gasteiger partial charge in [0, 0.05) is 25.6 Å². The molecule has 0 spiro atoms. The van der Waals surface area contributed by atoms with Crippen LogP contribution in [0.5, 0.6) is 0 Å². The fraction of sp³-hybridized carbons (Fsp3) is 0.500. The van der Waals surface area contributed by atoms with Gasteiger partial charge in [0.1, 0.15) is 5.00 Å². The zero-order chi connectivity index (χ0) is 15.6. The van der Waals surface area contributed by atoms with E-state index in [1.807, 2.05) is 12.3 Å². The lowest BCUT2D eigenvalue weighted by molar-refractivity contribution is -0.117. The highest BCUT2D eigenvalue weighted by Gasteiger charge is 2.34. The number of hydrogen-bond donors (Lipinski definition) is 0. The number of rotatable bonds is 4. The van der Waals surface area contributed by atoms with Crippen LogP contribution in [0.2, 0.25) is 0 Å². The first-order chi connectivity index (χ1) is 9.93. The minimum atomic E-state index is -0.418. The van der Waals surface area contributed by atoms with Crippen LogP contribution in [0.3, 0.4) is 0 Å². The number of carbonyl (C=O) groups is 3. The molecule has 5 nitrogen and oxygen atoms in total. The van der Waals surface area contributed by atoms with Crippen molar-refractivity contribution in [1.82, 2.24) is 0 Å². The van der Waals surface area contributed by atoms with Gasteiger partial charge in [-0.1, -0.05) is 11.8 Å². The Balaban J connectivity index is 2.17. The maximum absolute atomic E-state index is 12.2. The summed E-state index contributed by atoms with van der Waals surface area (Å²) in [5.74, 6) is 0.351. The molecular formula is C14H17NO4S2. The summed E-state index contributed by atoms with van der Waals surface area (Å²) >= 11 is 2.62. The van der Waals surface area contributed by atoms with E-state index in [1.54, 1.807) is 4.90 Å². The number of aryl methyl sites for hydroxylation is 1. The number of ether oxygens (including phenoxy) is 1. The highest BCUT2D eigenvalue weighted by Crippen LogP contribution is 2.36. The molecule has 1 aliphatic rings. The summed E-state index contributed by atoms with van der Waals surface area (Å²) in [6.45, 7) is 3.90. The molecule has 1 amide bonds. The first kappa shape index (κ1) is 16.0. The molecule has 1 aromatic rings. The zero-order valence-corrected chi connectivity index (χ0v) is 13.8. The van der Waals surface area contributed by atoms with Gasteiger partial charge in [0.25, 0.3) is 0 Å². The van der Waals surface area contributed by atoms with Gasteiger partial charge in [-0.3, -0.25) is 9.59 Å². The molecule has 21 heavy (non-hydrogen) atoms. The molecule has 1 aliphatic heterocycles. The summed E-state index contributed by atoms with van der Waals surface area (Å²) in [5.41, 5.74) is 1.28. The lowest BCUT2D eigenvalue weighted by Crippen LogP contribution is -2.25. The van der Waals surface area contributed by atoms with E-state index in [1.165, 1.54) is 37.1 Å². The average Bonchev–Trinajstić information content (AvgIpc) is 2.98. The van der Waals surface area contributed by atoms with E-state index in [2.05, 4.69) is 0 Å². The average molecular weight is 327 g/mol. The van der Waals surface area contributed by atoms with Crippen LogP contribution in [0.1, 0.15) is 29.3 Å². The standard InChI is InChI=1S/C14H17NO4S2/c1-8-6-21-13(12(8)14(18)19-3)15-5-10(4-11(15)17)7-20-9(2)16/h6,10H,4-5,7H2,1-3H3. The minimum Gasteiger partial charge on any atom is -0.465 e. The predicted octanol–water partition coefficient (Wildman–Crippen LogP) is 2.48. The van der Waals surface area contributed by atoms with Crippen molar-refractivity contribution >= 4 is 45.1 Å². The van der Waals surface area contributed by atoms with E-state index in [0.29, 0.717) is 29.3 Å². The van der Waals surface area contributed by atoms with Crippen molar-refractivity contribution in [1.29, 1.82) is 0 Å². The third kappa shape index (κ3) is 3.47. The third-order valence-corrected chi connectivity index (χ3v) is 5.48. The Morgan fingerprint density at radius 2 is 2.24 bits per heavy atom. The molecule has 1 saturated heterocycles. The Morgan fingerprint density at radius 3 is 2.86 bits per heavy atom. The van der Waals surface area contributed by atoms with Gasteiger partial charge in [-0.25, -0.2) is 4.79 Å². The van der Waals surface area contributed by atoms with Crippen molar-refractivity contribution in [2.75, 3.05) is 24.3 Å². The number of carbonyl (C=O) groups excluding carboxylic acids is 3. The number of methoxy groups -OCH3 is 1. The fourth-order valence-corrected chi connectivity index (χ4v) is 4.07. The Kier molecular flexibility index (Phi) is 5.05. The maximum atomic E-state index is 12.2. The van der Waals surface area contributed by atoms with E-state index in [9.17, 15) is 14.4 Å². The predicted molar refractivity (Wildman–Crippen MR) is 84.0 cm³/mol. The monoisotopic (exact) mass is 327 g/mol. The van der Waals surface area contributed by atoms with Gasteiger partial charge < -0.3 is 9.64 Å². The van der Waals surface area contributed by atoms with Crippen LogP contribution in [0.4, 0.5) is 5.00 Å². The second kappa shape index (κ2) is 6.62. The van der Waals surface area contributed by atoms with Gasteiger partial charge in [-0.15, -0.1) is 11.3 Å². The van der Waals surface area contributed by atoms with E-state index in [0.717, 1.165) is 5.56 Å². The van der Waals surface area contributed by atoms with Gasteiger partial charge in [0.2, 0.25) is 5.91 Å². The molecule has 114 valence electrons. The smallest absolute Gasteiger partial charge is 0.341 e. The second-order valence-corrected chi connectivity index (χ2v) is 7.02. The molecule has 0 aromatic carbocycles. The number of hydrogen-bond acceptors (Lipinski definition) is 6. The fourth-order valence-electron chi connectivity index (χ4n) is 2.30. The van der Waals surface area contributed by atoms with E-state index in [-0.39, 0.29) is 16.9 Å². The number of anilines is 1. The topological polar surface area (TPSA) is 63.7 Å². The van der Waals surface area contributed by atoms with Crippen molar-refractivity contribution in [2.24, 2.45) is 5.92 Å². The van der Waals surface area contributed by atoms with Crippen molar-refractivity contribution in [3.8, 4) is 0 Å². The van der Waals surface area contributed by atoms with E-state index in [4.69, 9.17) is 4.74 Å². The molecule has 2 heterocycles.